The van der Waals surface area contributed by atoms with E-state index in [0.29, 0.717) is 12.1 Å². The van der Waals surface area contributed by atoms with Crippen molar-refractivity contribution in [2.45, 2.75) is 17.9 Å². The molecule has 9 heteroatoms. The summed E-state index contributed by atoms with van der Waals surface area (Å²) in [6.07, 6.45) is 6.00. The van der Waals surface area contributed by atoms with Crippen molar-refractivity contribution in [2.24, 2.45) is 0 Å². The average Bonchev–Trinajstić information content (AvgIpc) is 3.20. The number of aryl methyl sites for hydroxylation is 1. The largest absolute Gasteiger partial charge is 0.352 e. The summed E-state index contributed by atoms with van der Waals surface area (Å²) in [5, 5.41) is 2.79. The van der Waals surface area contributed by atoms with E-state index in [1.54, 1.807) is 12.5 Å². The first-order valence-corrected chi connectivity index (χ1v) is 10.0. The molecule has 7 nitrogen and oxygen atoms in total. The van der Waals surface area contributed by atoms with Crippen LogP contribution in [0.15, 0.2) is 72.1 Å². The van der Waals surface area contributed by atoms with Crippen molar-refractivity contribution in [3.63, 3.8) is 0 Å². The fourth-order valence-corrected chi connectivity index (χ4v) is 3.56. The summed E-state index contributed by atoms with van der Waals surface area (Å²) >= 11 is 0. The molecule has 2 aromatic carbocycles. The van der Waals surface area contributed by atoms with E-state index in [4.69, 9.17) is 0 Å². The second kappa shape index (κ2) is 8.66. The summed E-state index contributed by atoms with van der Waals surface area (Å²) in [5.74, 6) is -0.732. The van der Waals surface area contributed by atoms with Gasteiger partial charge in [-0.25, -0.2) is 17.8 Å². The van der Waals surface area contributed by atoms with Gasteiger partial charge in [-0.15, -0.1) is 0 Å². The van der Waals surface area contributed by atoms with E-state index in [-0.39, 0.29) is 16.5 Å². The quantitative estimate of drug-likeness (QED) is 0.567. The predicted molar refractivity (Wildman–Crippen MR) is 103 cm³/mol. The van der Waals surface area contributed by atoms with Gasteiger partial charge in [0.15, 0.2) is 0 Å². The summed E-state index contributed by atoms with van der Waals surface area (Å²) in [6.45, 7) is 1.23. The van der Waals surface area contributed by atoms with Crippen LogP contribution < -0.4 is 10.0 Å². The smallest absolute Gasteiger partial charge is 0.261 e. The number of nitrogens with one attached hydrogen (secondary N) is 2. The molecular weight excluding hydrogens is 383 g/mol. The maximum Gasteiger partial charge on any atom is 0.261 e. The molecule has 1 heterocycles. The molecule has 146 valence electrons. The Hall–Kier alpha value is -3.20. The first-order valence-electron chi connectivity index (χ1n) is 8.56. The molecule has 1 aromatic heterocycles. The highest BCUT2D eigenvalue weighted by atomic mass is 32.2. The minimum Gasteiger partial charge on any atom is -0.352 e. The highest BCUT2D eigenvalue weighted by Gasteiger charge is 2.15. The van der Waals surface area contributed by atoms with Crippen molar-refractivity contribution in [1.29, 1.82) is 0 Å². The Bertz CT molecular complexity index is 1020. The van der Waals surface area contributed by atoms with Gasteiger partial charge in [-0.1, -0.05) is 0 Å². The molecule has 0 bridgehead atoms. The van der Waals surface area contributed by atoms with E-state index in [0.717, 1.165) is 25.1 Å². The van der Waals surface area contributed by atoms with Gasteiger partial charge in [0.2, 0.25) is 0 Å². The number of rotatable bonds is 8. The van der Waals surface area contributed by atoms with Crippen LogP contribution in [0.25, 0.3) is 0 Å². The Morgan fingerprint density at radius 2 is 1.79 bits per heavy atom. The van der Waals surface area contributed by atoms with E-state index in [1.165, 1.54) is 36.4 Å². The summed E-state index contributed by atoms with van der Waals surface area (Å²) in [5.41, 5.74) is 0.615. The number of hydrogen-bond donors (Lipinski definition) is 2. The maximum absolute atomic E-state index is 12.9. The van der Waals surface area contributed by atoms with Gasteiger partial charge in [-0.2, -0.15) is 0 Å². The Kier molecular flexibility index (Phi) is 6.05. The zero-order valence-electron chi connectivity index (χ0n) is 14.9. The summed E-state index contributed by atoms with van der Waals surface area (Å²) in [7, 11) is -3.83. The number of amides is 1. The molecule has 0 saturated heterocycles. The van der Waals surface area contributed by atoms with Crippen molar-refractivity contribution < 1.29 is 17.6 Å². The number of hydrogen-bond acceptors (Lipinski definition) is 4. The molecule has 0 aliphatic heterocycles. The van der Waals surface area contributed by atoms with Crippen molar-refractivity contribution in [2.75, 3.05) is 11.3 Å². The van der Waals surface area contributed by atoms with Crippen molar-refractivity contribution >= 4 is 21.6 Å². The van der Waals surface area contributed by atoms with Crippen molar-refractivity contribution in [3.8, 4) is 0 Å². The Morgan fingerprint density at radius 1 is 1.07 bits per heavy atom. The normalized spacial score (nSPS) is 11.2. The summed E-state index contributed by atoms with van der Waals surface area (Å²) in [6, 6.07) is 10.6. The van der Waals surface area contributed by atoms with Gasteiger partial charge in [0, 0.05) is 36.7 Å². The molecule has 1 amide bonds. The lowest BCUT2D eigenvalue weighted by atomic mass is 10.2. The van der Waals surface area contributed by atoms with Crippen LogP contribution in [-0.2, 0) is 16.6 Å². The molecule has 0 spiro atoms. The number of aromatic nitrogens is 2. The third kappa shape index (κ3) is 5.17. The highest BCUT2D eigenvalue weighted by Crippen LogP contribution is 2.17. The molecule has 0 atom stereocenters. The molecule has 0 aliphatic carbocycles. The first-order chi connectivity index (χ1) is 13.4. The molecule has 0 unspecified atom stereocenters. The van der Waals surface area contributed by atoms with E-state index < -0.39 is 15.8 Å². The Balaban J connectivity index is 1.55. The van der Waals surface area contributed by atoms with Crippen LogP contribution in [0.4, 0.5) is 10.1 Å². The molecule has 0 fully saturated rings. The van der Waals surface area contributed by atoms with Crippen LogP contribution in [0.2, 0.25) is 0 Å². The average molecular weight is 402 g/mol. The minimum absolute atomic E-state index is 0.00785. The number of anilines is 1. The van der Waals surface area contributed by atoms with Crippen LogP contribution in [-0.4, -0.2) is 30.4 Å². The summed E-state index contributed by atoms with van der Waals surface area (Å²) < 4.78 is 42.0. The van der Waals surface area contributed by atoms with Gasteiger partial charge in [0.1, 0.15) is 5.82 Å². The number of carbonyl (C=O) groups is 1. The minimum atomic E-state index is -3.83. The first kappa shape index (κ1) is 19.6. The molecule has 3 aromatic rings. The molecule has 0 radical (unpaired) electrons. The zero-order valence-corrected chi connectivity index (χ0v) is 15.7. The molecule has 0 saturated carbocycles. The van der Waals surface area contributed by atoms with Gasteiger partial charge < -0.3 is 9.88 Å². The van der Waals surface area contributed by atoms with Gasteiger partial charge in [-0.05, 0) is 55.0 Å². The van der Waals surface area contributed by atoms with Gasteiger partial charge in [-0.3, -0.25) is 9.52 Å². The number of sulfonamides is 1. The highest BCUT2D eigenvalue weighted by molar-refractivity contribution is 7.92. The third-order valence-electron chi connectivity index (χ3n) is 3.96. The molecular formula is C19H19FN4O3S. The molecule has 2 N–H and O–H groups in total. The zero-order chi connectivity index (χ0) is 20.0. The lowest BCUT2D eigenvalue weighted by Crippen LogP contribution is -2.25. The van der Waals surface area contributed by atoms with E-state index >= 15 is 0 Å². The predicted octanol–water partition coefficient (Wildman–Crippen LogP) is 2.64. The number of benzene rings is 2. The maximum atomic E-state index is 12.9. The van der Waals surface area contributed by atoms with E-state index in [2.05, 4.69) is 15.0 Å². The lowest BCUT2D eigenvalue weighted by Gasteiger charge is -2.09. The molecule has 0 aliphatic rings. The van der Waals surface area contributed by atoms with Crippen LogP contribution in [0.1, 0.15) is 16.8 Å². The fraction of sp³-hybridized carbons (Fsp3) is 0.158. The number of halogens is 1. The van der Waals surface area contributed by atoms with Gasteiger partial charge in [0.05, 0.1) is 11.2 Å². The standard InChI is InChI=1S/C19H19FN4O3S/c20-16-4-6-17(7-5-16)23-28(26,27)18-8-2-15(3-9-18)19(25)22-10-1-12-24-13-11-21-14-24/h2-9,11,13-14,23H,1,10,12H2,(H,22,25). The molecule has 3 rings (SSSR count). The second-order valence-electron chi connectivity index (χ2n) is 6.05. The Labute approximate surface area is 162 Å². The number of carbonyl (C=O) groups excluding carboxylic acids is 1. The van der Waals surface area contributed by atoms with Crippen LogP contribution in [0.3, 0.4) is 0 Å². The van der Waals surface area contributed by atoms with Crippen molar-refractivity contribution in [1.82, 2.24) is 14.9 Å². The second-order valence-corrected chi connectivity index (χ2v) is 7.73. The van der Waals surface area contributed by atoms with Gasteiger partial charge in [0.25, 0.3) is 15.9 Å². The van der Waals surface area contributed by atoms with Crippen LogP contribution in [0.5, 0.6) is 0 Å². The summed E-state index contributed by atoms with van der Waals surface area (Å²) in [4.78, 5) is 16.1. The van der Waals surface area contributed by atoms with E-state index in [9.17, 15) is 17.6 Å². The topological polar surface area (TPSA) is 93.1 Å². The van der Waals surface area contributed by atoms with Gasteiger partial charge >= 0.3 is 0 Å². The monoisotopic (exact) mass is 402 g/mol. The number of imidazole rings is 1. The third-order valence-corrected chi connectivity index (χ3v) is 5.36. The Morgan fingerprint density at radius 3 is 2.43 bits per heavy atom. The molecule has 28 heavy (non-hydrogen) atoms. The van der Waals surface area contributed by atoms with Crippen molar-refractivity contribution in [3.05, 3.63) is 78.6 Å². The SMILES string of the molecule is O=C(NCCCn1ccnc1)c1ccc(S(=O)(=O)Nc2ccc(F)cc2)cc1. The van der Waals surface area contributed by atoms with Crippen LogP contribution >= 0.6 is 0 Å². The fourth-order valence-electron chi connectivity index (χ4n) is 2.50. The number of nitrogens with zero attached hydrogens (tertiary/aromatic N) is 2. The lowest BCUT2D eigenvalue weighted by molar-refractivity contribution is 0.0952. The van der Waals surface area contributed by atoms with Crippen LogP contribution in [0, 0.1) is 5.82 Å². The van der Waals surface area contributed by atoms with E-state index in [1.807, 2.05) is 10.8 Å².